The van der Waals surface area contributed by atoms with Gasteiger partial charge in [-0.15, -0.1) is 0 Å². The molecular formula is C57H101NO8P+. The molecule has 0 aromatic heterocycles. The number of phosphoric ester groups is 1. The molecule has 0 saturated carbocycles. The molecule has 0 aromatic carbocycles. The lowest BCUT2D eigenvalue weighted by atomic mass is 10.0. The van der Waals surface area contributed by atoms with E-state index in [4.69, 9.17) is 18.5 Å². The van der Waals surface area contributed by atoms with Gasteiger partial charge >= 0.3 is 19.8 Å². The first kappa shape index (κ1) is 64.2. The zero-order valence-corrected chi connectivity index (χ0v) is 44.5. The second-order valence-electron chi connectivity index (χ2n) is 18.9. The van der Waals surface area contributed by atoms with E-state index in [1.807, 2.05) is 21.1 Å². The zero-order valence-electron chi connectivity index (χ0n) is 43.6. The van der Waals surface area contributed by atoms with Crippen molar-refractivity contribution in [3.8, 4) is 0 Å². The molecule has 0 fully saturated rings. The SMILES string of the molecule is CC/C=C\C/C=C\C/C=C\C/C=C\C/C=C\C/C=C\CCCCCCCCCCCCCCCCC(=O)OC(COC(=O)CCCCCCC/C=C\CCC)COP(=O)(O)OCC[N+](C)(C)C. The molecule has 10 heteroatoms. The minimum absolute atomic E-state index is 0.0278. The Kier molecular flexibility index (Phi) is 46.2. The van der Waals surface area contributed by atoms with E-state index in [1.165, 1.54) is 77.0 Å². The molecule has 0 aromatic rings. The Hall–Kier alpha value is -2.81. The van der Waals surface area contributed by atoms with Gasteiger partial charge in [0.15, 0.2) is 6.10 Å². The van der Waals surface area contributed by atoms with Gasteiger partial charge in [-0.3, -0.25) is 18.6 Å². The molecule has 0 saturated heterocycles. The number of phosphoric acid groups is 1. The van der Waals surface area contributed by atoms with Crippen LogP contribution in [-0.2, 0) is 32.7 Å². The number of rotatable bonds is 48. The molecule has 67 heavy (non-hydrogen) atoms. The molecule has 0 heterocycles. The number of allylic oxidation sites excluding steroid dienone is 14. The van der Waals surface area contributed by atoms with E-state index >= 15 is 0 Å². The third-order valence-electron chi connectivity index (χ3n) is 11.1. The van der Waals surface area contributed by atoms with Crippen molar-refractivity contribution in [2.45, 2.75) is 219 Å². The monoisotopic (exact) mass is 959 g/mol. The minimum Gasteiger partial charge on any atom is -0.462 e. The van der Waals surface area contributed by atoms with Crippen LogP contribution >= 0.6 is 7.82 Å². The molecule has 0 aliphatic carbocycles. The molecule has 0 rings (SSSR count). The second-order valence-corrected chi connectivity index (χ2v) is 20.3. The van der Waals surface area contributed by atoms with Crippen LogP contribution in [0, 0.1) is 0 Å². The molecular weight excluding hydrogens is 858 g/mol. The summed E-state index contributed by atoms with van der Waals surface area (Å²) in [6, 6.07) is 0. The van der Waals surface area contributed by atoms with Crippen LogP contribution in [0.4, 0.5) is 0 Å². The maximum Gasteiger partial charge on any atom is 0.472 e. The van der Waals surface area contributed by atoms with Crippen LogP contribution in [-0.4, -0.2) is 74.9 Å². The number of unbranched alkanes of at least 4 members (excludes halogenated alkanes) is 20. The largest absolute Gasteiger partial charge is 0.472 e. The van der Waals surface area contributed by atoms with Crippen molar-refractivity contribution in [3.63, 3.8) is 0 Å². The summed E-state index contributed by atoms with van der Waals surface area (Å²) in [6.07, 6.45) is 63.8. The summed E-state index contributed by atoms with van der Waals surface area (Å²) < 4.78 is 34.4. The van der Waals surface area contributed by atoms with Gasteiger partial charge in [-0.1, -0.05) is 202 Å². The van der Waals surface area contributed by atoms with Gasteiger partial charge in [0.1, 0.15) is 19.8 Å². The molecule has 1 N–H and O–H groups in total. The first-order chi connectivity index (χ1) is 32.5. The van der Waals surface area contributed by atoms with E-state index in [9.17, 15) is 19.0 Å². The lowest BCUT2D eigenvalue weighted by Gasteiger charge is -2.24. The van der Waals surface area contributed by atoms with Crippen molar-refractivity contribution in [1.82, 2.24) is 0 Å². The van der Waals surface area contributed by atoms with Crippen molar-refractivity contribution < 1.29 is 42.1 Å². The molecule has 386 valence electrons. The first-order valence-corrected chi connectivity index (χ1v) is 28.3. The number of hydrogen-bond acceptors (Lipinski definition) is 7. The van der Waals surface area contributed by atoms with Crippen LogP contribution in [0.25, 0.3) is 0 Å². The third-order valence-corrected chi connectivity index (χ3v) is 12.1. The van der Waals surface area contributed by atoms with Crippen LogP contribution < -0.4 is 0 Å². The quantitative estimate of drug-likeness (QED) is 0.0211. The van der Waals surface area contributed by atoms with Crippen molar-refractivity contribution in [1.29, 1.82) is 0 Å². The van der Waals surface area contributed by atoms with Gasteiger partial charge in [0.2, 0.25) is 0 Å². The summed E-state index contributed by atoms with van der Waals surface area (Å²) >= 11 is 0. The Morgan fingerprint density at radius 1 is 0.478 bits per heavy atom. The first-order valence-electron chi connectivity index (χ1n) is 26.8. The highest BCUT2D eigenvalue weighted by molar-refractivity contribution is 7.47. The summed E-state index contributed by atoms with van der Waals surface area (Å²) in [5, 5.41) is 0. The third kappa shape index (κ3) is 52.4. The van der Waals surface area contributed by atoms with E-state index in [0.717, 1.165) is 103 Å². The van der Waals surface area contributed by atoms with Gasteiger partial charge in [0.25, 0.3) is 0 Å². The number of esters is 2. The molecule has 0 aliphatic heterocycles. The van der Waals surface area contributed by atoms with Crippen LogP contribution in [0.5, 0.6) is 0 Å². The number of nitrogens with zero attached hydrogens (tertiary/aromatic N) is 1. The fourth-order valence-electron chi connectivity index (χ4n) is 7.02. The Balaban J connectivity index is 4.04. The van der Waals surface area contributed by atoms with Crippen molar-refractivity contribution in [3.05, 3.63) is 85.1 Å². The maximum absolute atomic E-state index is 12.7. The van der Waals surface area contributed by atoms with E-state index in [-0.39, 0.29) is 32.0 Å². The summed E-state index contributed by atoms with van der Waals surface area (Å²) in [6.45, 7) is 4.23. The van der Waals surface area contributed by atoms with Gasteiger partial charge < -0.3 is 18.9 Å². The van der Waals surface area contributed by atoms with E-state index < -0.39 is 26.5 Å². The van der Waals surface area contributed by atoms with Gasteiger partial charge in [0.05, 0.1) is 27.7 Å². The van der Waals surface area contributed by atoms with Gasteiger partial charge in [-0.25, -0.2) is 4.57 Å². The predicted molar refractivity (Wildman–Crippen MR) is 284 cm³/mol. The van der Waals surface area contributed by atoms with Crippen molar-refractivity contribution in [2.75, 3.05) is 47.5 Å². The number of carbonyl (C=O) groups excluding carboxylic acids is 2. The molecule has 0 amide bonds. The van der Waals surface area contributed by atoms with Crippen LogP contribution in [0.15, 0.2) is 85.1 Å². The Morgan fingerprint density at radius 2 is 0.851 bits per heavy atom. The normalized spacial score (nSPS) is 14.1. The summed E-state index contributed by atoms with van der Waals surface area (Å²) in [4.78, 5) is 35.4. The molecule has 0 spiro atoms. The fourth-order valence-corrected chi connectivity index (χ4v) is 7.76. The lowest BCUT2D eigenvalue weighted by Crippen LogP contribution is -2.37. The van der Waals surface area contributed by atoms with E-state index in [1.54, 1.807) is 0 Å². The summed E-state index contributed by atoms with van der Waals surface area (Å²) in [5.41, 5.74) is 0. The van der Waals surface area contributed by atoms with Crippen molar-refractivity contribution >= 4 is 19.8 Å². The molecule has 9 nitrogen and oxygen atoms in total. The standard InChI is InChI=1S/C57H100NO8P/c1-6-8-10-12-14-16-18-19-20-21-22-23-24-25-26-27-28-29-30-31-32-33-34-35-36-37-38-39-40-42-44-46-48-50-57(60)66-55(54-65-67(61,62)64-52-51-58(3,4)5)53-63-56(59)49-47-45-43-41-17-15-13-11-9-7-2/h8,10-11,13-14,16,19-20,22-23,25-26,28-29,55H,6-7,9,12,15,17-18,21,24,27,30-54H2,1-5H3/p+1/b10-8-,13-11-,16-14-,20-19-,23-22-,26-25-,29-28-. The zero-order chi connectivity index (χ0) is 49.2. The second kappa shape index (κ2) is 48.2. The topological polar surface area (TPSA) is 108 Å². The summed E-state index contributed by atoms with van der Waals surface area (Å²) in [7, 11) is 1.47. The number of ether oxygens (including phenoxy) is 2. The van der Waals surface area contributed by atoms with Gasteiger partial charge in [-0.2, -0.15) is 0 Å². The van der Waals surface area contributed by atoms with E-state index in [0.29, 0.717) is 17.4 Å². The predicted octanol–water partition coefficient (Wildman–Crippen LogP) is 16.3. The maximum atomic E-state index is 12.7. The minimum atomic E-state index is -4.38. The smallest absolute Gasteiger partial charge is 0.462 e. The van der Waals surface area contributed by atoms with Crippen LogP contribution in [0.2, 0.25) is 0 Å². The van der Waals surface area contributed by atoms with Crippen LogP contribution in [0.1, 0.15) is 213 Å². The molecule has 0 bridgehead atoms. The number of quaternary nitrogens is 1. The highest BCUT2D eigenvalue weighted by atomic mass is 31.2. The van der Waals surface area contributed by atoms with Crippen molar-refractivity contribution in [2.24, 2.45) is 0 Å². The molecule has 0 radical (unpaired) electrons. The number of carbonyl (C=O) groups is 2. The Labute approximate surface area is 411 Å². The molecule has 2 atom stereocenters. The van der Waals surface area contributed by atoms with Gasteiger partial charge in [0, 0.05) is 12.8 Å². The average molecular weight is 959 g/mol. The highest BCUT2D eigenvalue weighted by Crippen LogP contribution is 2.43. The fraction of sp³-hybridized carbons (Fsp3) is 0.719. The summed E-state index contributed by atoms with van der Waals surface area (Å²) in [5.74, 6) is -0.813. The Morgan fingerprint density at radius 3 is 1.28 bits per heavy atom. The Bertz CT molecular complexity index is 1410. The van der Waals surface area contributed by atoms with Gasteiger partial charge in [-0.05, 0) is 83.5 Å². The molecule has 0 aliphatic rings. The number of likely N-dealkylation sites (N-methyl/N-ethyl adjacent to an activating group) is 1. The average Bonchev–Trinajstić information content (AvgIpc) is 3.29. The lowest BCUT2D eigenvalue weighted by molar-refractivity contribution is -0.870. The molecule has 2 unspecified atom stereocenters. The number of hydrogen-bond donors (Lipinski definition) is 1. The van der Waals surface area contributed by atoms with Crippen LogP contribution in [0.3, 0.4) is 0 Å². The van der Waals surface area contributed by atoms with E-state index in [2.05, 4.69) is 98.9 Å². The highest BCUT2D eigenvalue weighted by Gasteiger charge is 2.27.